The van der Waals surface area contributed by atoms with Gasteiger partial charge in [0, 0.05) is 79.8 Å². The van der Waals surface area contributed by atoms with Crippen LogP contribution in [-0.4, -0.2) is 55.4 Å². The van der Waals surface area contributed by atoms with Gasteiger partial charge in [-0.05, 0) is 85.2 Å². The Hall–Kier alpha value is -4.85. The molecular formula is C39H33F3N4O4S2. The van der Waals surface area contributed by atoms with E-state index in [1.54, 1.807) is 41.4 Å². The summed E-state index contributed by atoms with van der Waals surface area (Å²) in [7, 11) is 0. The highest BCUT2D eigenvalue weighted by Gasteiger charge is 2.45. The third kappa shape index (κ3) is 6.41. The standard InChI is InChI=1S/C39H33F3N4O4S2/c1-22-14-28(36(43-19-22)45-20-39(21-45)8-11-50-12-9-39)37(48)44-26-4-2-23(3-5-26)38(49)46-10-6-24-15-33(52-34(24)35-31(46)7-13-51-35)32(47)18-27-29(41)16-25(40)17-30(27)42/h2-5,7,13-17,19H,6,8-12,18,20-21H2,1H3,(H,44,48). The summed E-state index contributed by atoms with van der Waals surface area (Å²) in [6, 6.07) is 13.4. The molecule has 2 saturated heterocycles. The molecule has 3 aromatic heterocycles. The van der Waals surface area contributed by atoms with E-state index in [0.29, 0.717) is 58.3 Å². The van der Waals surface area contributed by atoms with Crippen LogP contribution in [0, 0.1) is 29.8 Å². The number of ketones is 1. The van der Waals surface area contributed by atoms with Crippen LogP contribution in [0.2, 0.25) is 0 Å². The van der Waals surface area contributed by atoms with Gasteiger partial charge in [-0.15, -0.1) is 22.7 Å². The van der Waals surface area contributed by atoms with Gasteiger partial charge in [-0.2, -0.15) is 0 Å². The van der Waals surface area contributed by atoms with E-state index in [1.165, 1.54) is 22.7 Å². The normalized spacial score (nSPS) is 16.2. The fourth-order valence-corrected chi connectivity index (χ4v) is 9.48. The zero-order valence-corrected chi connectivity index (χ0v) is 29.8. The molecule has 3 aliphatic heterocycles. The number of aromatic nitrogens is 1. The highest BCUT2D eigenvalue weighted by molar-refractivity contribution is 7.23. The van der Waals surface area contributed by atoms with Gasteiger partial charge < -0.3 is 19.9 Å². The van der Waals surface area contributed by atoms with Crippen molar-refractivity contribution in [3.05, 3.63) is 116 Å². The lowest BCUT2D eigenvalue weighted by Gasteiger charge is -2.53. The molecule has 8 nitrogen and oxygen atoms in total. The minimum atomic E-state index is -1.10. The summed E-state index contributed by atoms with van der Waals surface area (Å²) < 4.78 is 47.5. The highest BCUT2D eigenvalue weighted by atomic mass is 32.1. The lowest BCUT2D eigenvalue weighted by atomic mass is 9.73. The molecule has 8 rings (SSSR count). The van der Waals surface area contributed by atoms with Gasteiger partial charge in [-0.1, -0.05) is 0 Å². The Morgan fingerprint density at radius 3 is 2.42 bits per heavy atom. The van der Waals surface area contributed by atoms with E-state index < -0.39 is 35.2 Å². The van der Waals surface area contributed by atoms with Crippen LogP contribution in [-0.2, 0) is 17.6 Å². The van der Waals surface area contributed by atoms with Crippen LogP contribution in [0.25, 0.3) is 9.75 Å². The van der Waals surface area contributed by atoms with E-state index in [0.717, 1.165) is 60.0 Å². The van der Waals surface area contributed by atoms with Crippen molar-refractivity contribution in [3.63, 3.8) is 0 Å². The van der Waals surface area contributed by atoms with Crippen LogP contribution in [0.15, 0.2) is 66.2 Å². The molecule has 6 heterocycles. The van der Waals surface area contributed by atoms with Crippen molar-refractivity contribution in [2.75, 3.05) is 48.0 Å². The second-order valence-corrected chi connectivity index (χ2v) is 15.6. The molecule has 13 heteroatoms. The molecule has 5 aromatic rings. The number of carbonyl (C=O) groups is 3. The number of rotatable bonds is 7. The number of carbonyl (C=O) groups excluding carboxylic acids is 3. The molecule has 2 fully saturated rings. The number of nitrogens with one attached hydrogen (secondary N) is 1. The van der Waals surface area contributed by atoms with Gasteiger partial charge in [0.05, 0.1) is 25.9 Å². The first kappa shape index (κ1) is 34.2. The Labute approximate surface area is 305 Å². The number of amides is 2. The van der Waals surface area contributed by atoms with Crippen molar-refractivity contribution in [1.29, 1.82) is 0 Å². The van der Waals surface area contributed by atoms with E-state index in [1.807, 2.05) is 24.4 Å². The van der Waals surface area contributed by atoms with Gasteiger partial charge in [0.15, 0.2) is 5.78 Å². The smallest absolute Gasteiger partial charge is 0.259 e. The van der Waals surface area contributed by atoms with Gasteiger partial charge in [0.1, 0.15) is 23.3 Å². The van der Waals surface area contributed by atoms with Crippen LogP contribution < -0.4 is 15.1 Å². The number of fused-ring (bicyclic) bond motifs is 3. The maximum absolute atomic E-state index is 14.3. The number of halogens is 3. The monoisotopic (exact) mass is 742 g/mol. The van der Waals surface area contributed by atoms with Crippen LogP contribution in [0.1, 0.15) is 59.9 Å². The van der Waals surface area contributed by atoms with Crippen molar-refractivity contribution in [2.24, 2.45) is 5.41 Å². The number of anilines is 3. The predicted octanol–water partition coefficient (Wildman–Crippen LogP) is 8.09. The number of nitrogens with zero attached hydrogens (tertiary/aromatic N) is 3. The van der Waals surface area contributed by atoms with Gasteiger partial charge in [0.2, 0.25) is 0 Å². The number of hydrogen-bond acceptors (Lipinski definition) is 8. The third-order valence-corrected chi connectivity index (χ3v) is 12.3. The lowest BCUT2D eigenvalue weighted by molar-refractivity contribution is -0.000511. The highest BCUT2D eigenvalue weighted by Crippen LogP contribution is 2.46. The summed E-state index contributed by atoms with van der Waals surface area (Å²) in [5.41, 5.74) is 3.69. The number of thiophene rings is 2. The topological polar surface area (TPSA) is 91.8 Å². The molecular weight excluding hydrogens is 710 g/mol. The molecule has 0 aliphatic carbocycles. The molecule has 0 radical (unpaired) electrons. The Balaban J connectivity index is 0.959. The summed E-state index contributed by atoms with van der Waals surface area (Å²) in [5.74, 6) is -3.53. The van der Waals surface area contributed by atoms with Crippen molar-refractivity contribution in [1.82, 2.24) is 4.98 Å². The maximum Gasteiger partial charge on any atom is 0.259 e. The van der Waals surface area contributed by atoms with Crippen LogP contribution in [0.3, 0.4) is 0 Å². The summed E-state index contributed by atoms with van der Waals surface area (Å²) in [6.07, 6.45) is 3.72. The Kier molecular flexibility index (Phi) is 8.96. The average molecular weight is 743 g/mol. The van der Waals surface area contributed by atoms with E-state index in [4.69, 9.17) is 4.74 Å². The predicted molar refractivity (Wildman–Crippen MR) is 195 cm³/mol. The zero-order valence-electron chi connectivity index (χ0n) is 28.1. The molecule has 1 spiro atoms. The Bertz CT molecular complexity index is 2200. The van der Waals surface area contributed by atoms with E-state index in [-0.39, 0.29) is 17.2 Å². The third-order valence-electron chi connectivity index (χ3n) is 10.1. The first-order valence-corrected chi connectivity index (χ1v) is 18.7. The second kappa shape index (κ2) is 13.6. The molecule has 52 heavy (non-hydrogen) atoms. The van der Waals surface area contributed by atoms with Crippen molar-refractivity contribution in [2.45, 2.75) is 32.6 Å². The lowest BCUT2D eigenvalue weighted by Crippen LogP contribution is -2.59. The number of ether oxygens (including phenoxy) is 1. The van der Waals surface area contributed by atoms with Crippen molar-refractivity contribution >= 4 is 57.5 Å². The first-order valence-electron chi connectivity index (χ1n) is 17.0. The van der Waals surface area contributed by atoms with Crippen LogP contribution >= 0.6 is 22.7 Å². The molecule has 0 atom stereocenters. The Morgan fingerprint density at radius 2 is 1.69 bits per heavy atom. The largest absolute Gasteiger partial charge is 0.381 e. The molecule has 2 amide bonds. The second-order valence-electron chi connectivity index (χ2n) is 13.6. The molecule has 1 N–H and O–H groups in total. The van der Waals surface area contributed by atoms with Gasteiger partial charge in [-0.3, -0.25) is 14.4 Å². The molecule has 3 aliphatic rings. The number of benzene rings is 2. The number of hydrogen-bond donors (Lipinski definition) is 1. The summed E-state index contributed by atoms with van der Waals surface area (Å²) in [5, 5.41) is 4.86. The minimum Gasteiger partial charge on any atom is -0.381 e. The molecule has 0 bridgehead atoms. The van der Waals surface area contributed by atoms with Gasteiger partial charge >= 0.3 is 0 Å². The van der Waals surface area contributed by atoms with Gasteiger partial charge in [0.25, 0.3) is 11.8 Å². The first-order chi connectivity index (χ1) is 25.1. The number of pyridine rings is 1. The van der Waals surface area contributed by atoms with Crippen LogP contribution in [0.5, 0.6) is 0 Å². The quantitative estimate of drug-likeness (QED) is 0.170. The maximum atomic E-state index is 14.3. The van der Waals surface area contributed by atoms with E-state index >= 15 is 0 Å². The zero-order chi connectivity index (χ0) is 36.1. The molecule has 0 unspecified atom stereocenters. The van der Waals surface area contributed by atoms with E-state index in [9.17, 15) is 27.6 Å². The Morgan fingerprint density at radius 1 is 0.962 bits per heavy atom. The summed E-state index contributed by atoms with van der Waals surface area (Å²) in [6.45, 7) is 5.47. The summed E-state index contributed by atoms with van der Waals surface area (Å²) in [4.78, 5) is 51.1. The molecule has 2 aromatic carbocycles. The van der Waals surface area contributed by atoms with Gasteiger partial charge in [-0.25, -0.2) is 18.2 Å². The molecule has 0 saturated carbocycles. The minimum absolute atomic E-state index is 0.212. The van der Waals surface area contributed by atoms with Crippen molar-refractivity contribution in [3.8, 4) is 9.75 Å². The number of aryl methyl sites for hydroxylation is 1. The fourth-order valence-electron chi connectivity index (χ4n) is 7.25. The number of Topliss-reactive ketones (excluding diaryl/α,β-unsaturated/α-hetero) is 1. The summed E-state index contributed by atoms with van der Waals surface area (Å²) >= 11 is 2.66. The van der Waals surface area contributed by atoms with Crippen LogP contribution in [0.4, 0.5) is 30.4 Å². The van der Waals surface area contributed by atoms with E-state index in [2.05, 4.69) is 15.2 Å². The SMILES string of the molecule is Cc1cnc(N2CC3(CCOCC3)C2)c(C(=O)Nc2ccc(C(=O)N3CCc4cc(C(=O)Cc5c(F)cc(F)cc5F)sc4-c4sccc43)cc2)c1. The average Bonchev–Trinajstić information content (AvgIpc) is 3.74. The fraction of sp³-hybridized carbons (Fsp3) is 0.282. The molecule has 266 valence electrons. The van der Waals surface area contributed by atoms with Crippen molar-refractivity contribution < 1.29 is 32.3 Å².